The average molecular weight is 829 g/mol. The van der Waals surface area contributed by atoms with Gasteiger partial charge < -0.3 is 83.1 Å². The van der Waals surface area contributed by atoms with Crippen LogP contribution in [0.5, 0.6) is 0 Å². The second-order valence-electron chi connectivity index (χ2n) is 17.7. The lowest BCUT2D eigenvalue weighted by molar-refractivity contribution is -0.354. The molecule has 0 aromatic carbocycles. The van der Waals surface area contributed by atoms with Gasteiger partial charge in [0.25, 0.3) is 0 Å². The molecule has 58 heavy (non-hydrogen) atoms. The minimum Gasteiger partial charge on any atom is -0.469 e. The smallest absolute Gasteiger partial charge is 0.309 e. The van der Waals surface area contributed by atoms with Crippen molar-refractivity contribution in [1.29, 1.82) is 0 Å². The van der Waals surface area contributed by atoms with Crippen LogP contribution >= 0.6 is 0 Å². The number of allylic oxidation sites excluding steroid dienone is 1. The van der Waals surface area contributed by atoms with E-state index in [4.69, 9.17) is 47.4 Å². The van der Waals surface area contributed by atoms with Crippen molar-refractivity contribution < 1.29 is 87.9 Å². The molecule has 21 atom stereocenters. The van der Waals surface area contributed by atoms with Crippen molar-refractivity contribution in [2.24, 2.45) is 23.2 Å². The van der Waals surface area contributed by atoms with Crippen molar-refractivity contribution in [3.05, 3.63) is 23.5 Å². The molecule has 328 valence electrons. The van der Waals surface area contributed by atoms with Gasteiger partial charge in [-0.2, -0.15) is 0 Å². The number of ether oxygens (including phenoxy) is 10. The molecule has 5 saturated heterocycles. The summed E-state index contributed by atoms with van der Waals surface area (Å²) in [6.07, 6.45) is -9.71. The van der Waals surface area contributed by atoms with Crippen molar-refractivity contribution in [1.82, 2.24) is 0 Å². The number of fused-ring (bicyclic) bond motifs is 3. The fourth-order valence-electron chi connectivity index (χ4n) is 10.8. The van der Waals surface area contributed by atoms with Crippen LogP contribution in [0.4, 0.5) is 0 Å². The Balaban J connectivity index is 0.872. The maximum absolute atomic E-state index is 13.7. The third kappa shape index (κ3) is 7.68. The zero-order valence-electron chi connectivity index (χ0n) is 33.3. The normalized spacial score (nSPS) is 51.8. The van der Waals surface area contributed by atoms with E-state index in [0.29, 0.717) is 19.4 Å². The van der Waals surface area contributed by atoms with Gasteiger partial charge in [0.1, 0.15) is 61.0 Å². The van der Waals surface area contributed by atoms with Gasteiger partial charge in [-0.25, -0.2) is 0 Å². The summed E-state index contributed by atoms with van der Waals surface area (Å²) in [6, 6.07) is 0. The first-order valence-electron chi connectivity index (χ1n) is 20.7. The minimum absolute atomic E-state index is 0.0933. The summed E-state index contributed by atoms with van der Waals surface area (Å²) < 4.78 is 59.8. The van der Waals surface area contributed by atoms with Crippen LogP contribution in [-0.4, -0.2) is 173 Å². The summed E-state index contributed by atoms with van der Waals surface area (Å²) in [7, 11) is 1.52. The Bertz CT molecular complexity index is 1540. The Labute approximate surface area is 336 Å². The minimum atomic E-state index is -1.71. The molecule has 0 radical (unpaired) electrons. The number of hydrogen-bond donors (Lipinski definition) is 7. The first-order chi connectivity index (χ1) is 27.6. The van der Waals surface area contributed by atoms with Gasteiger partial charge in [-0.1, -0.05) is 18.6 Å². The maximum atomic E-state index is 13.7. The van der Waals surface area contributed by atoms with Crippen LogP contribution in [0.2, 0.25) is 0 Å². The van der Waals surface area contributed by atoms with Crippen LogP contribution < -0.4 is 0 Å². The summed E-state index contributed by atoms with van der Waals surface area (Å²) >= 11 is 0. The molecule has 6 heterocycles. The number of hydrogen-bond acceptors (Lipinski definition) is 18. The van der Waals surface area contributed by atoms with Crippen LogP contribution in [0.3, 0.4) is 0 Å². The van der Waals surface area contributed by atoms with Gasteiger partial charge in [0.05, 0.1) is 56.2 Å². The third-order valence-electron chi connectivity index (χ3n) is 14.2. The number of rotatable bonds is 9. The molecule has 2 aliphatic carbocycles. The standard InChI is InChI=1S/C40H60O18/c1-17-35(58-38-34(47)32(45)30(43)26(57-38)15-50-37-33(46)31(44)29(42)24(13-41)56-37)23(49-4)12-27(53-17)54-20-9-10-39(2)19(11-20)6-7-21-22(39)8-5-18-14-51-40(3)28(18)25(16-52-40)55-36(21)48/h6,14,17,20-35,37-38,41-47H,5,7-13,15-16H2,1-4H3/t17-,20+,21-,22+,23-,24-,25-,26-,27+,28-,29-,30-,31+,32+,33-,34-,35-,37-,38+,39+,40+/m1/s1. The van der Waals surface area contributed by atoms with E-state index in [-0.39, 0.29) is 47.8 Å². The van der Waals surface area contributed by atoms with E-state index in [1.807, 2.05) is 13.2 Å². The van der Waals surface area contributed by atoms with Crippen molar-refractivity contribution in [3.63, 3.8) is 0 Å². The Morgan fingerprint density at radius 2 is 1.62 bits per heavy atom. The quantitative estimate of drug-likeness (QED) is 0.112. The van der Waals surface area contributed by atoms with Crippen molar-refractivity contribution >= 4 is 5.97 Å². The topological polar surface area (TPSA) is 251 Å². The van der Waals surface area contributed by atoms with E-state index >= 15 is 0 Å². The fourth-order valence-corrected chi connectivity index (χ4v) is 10.8. The summed E-state index contributed by atoms with van der Waals surface area (Å²) in [5.41, 5.74) is 2.23. The number of carbonyl (C=O) groups excluding carboxylic acids is 1. The van der Waals surface area contributed by atoms with E-state index < -0.39 is 105 Å². The number of esters is 1. The van der Waals surface area contributed by atoms with E-state index in [1.54, 1.807) is 6.92 Å². The van der Waals surface area contributed by atoms with Crippen LogP contribution in [-0.2, 0) is 52.2 Å². The molecular formula is C40H60O18. The van der Waals surface area contributed by atoms with E-state index in [0.717, 1.165) is 31.3 Å². The highest BCUT2D eigenvalue weighted by molar-refractivity contribution is 5.74. The Hall–Kier alpha value is -1.85. The average Bonchev–Trinajstić information content (AvgIpc) is 3.72. The molecule has 0 aromatic rings. The van der Waals surface area contributed by atoms with Crippen molar-refractivity contribution in [2.75, 3.05) is 26.9 Å². The molecule has 0 spiro atoms. The molecule has 0 bridgehead atoms. The first-order valence-corrected chi connectivity index (χ1v) is 20.7. The molecule has 18 nitrogen and oxygen atoms in total. The third-order valence-corrected chi connectivity index (χ3v) is 14.2. The van der Waals surface area contributed by atoms with Gasteiger partial charge in [0.15, 0.2) is 18.9 Å². The lowest BCUT2D eigenvalue weighted by Gasteiger charge is -2.51. The van der Waals surface area contributed by atoms with Gasteiger partial charge in [0, 0.05) is 20.5 Å². The maximum Gasteiger partial charge on any atom is 0.309 e. The van der Waals surface area contributed by atoms with Crippen LogP contribution in [0.1, 0.15) is 65.7 Å². The highest BCUT2D eigenvalue weighted by Crippen LogP contribution is 2.57. The lowest BCUT2D eigenvalue weighted by atomic mass is 9.55. The Kier molecular flexibility index (Phi) is 12.4. The van der Waals surface area contributed by atoms with Gasteiger partial charge in [-0.15, -0.1) is 0 Å². The number of methoxy groups -OCH3 is 1. The Morgan fingerprint density at radius 3 is 2.36 bits per heavy atom. The molecule has 0 aromatic heterocycles. The van der Waals surface area contributed by atoms with Gasteiger partial charge >= 0.3 is 5.97 Å². The monoisotopic (exact) mass is 828 g/mol. The van der Waals surface area contributed by atoms with Crippen LogP contribution in [0.25, 0.3) is 0 Å². The number of aliphatic hydroxyl groups excluding tert-OH is 7. The zero-order valence-corrected chi connectivity index (χ0v) is 33.3. The highest BCUT2D eigenvalue weighted by atomic mass is 16.8. The van der Waals surface area contributed by atoms with Gasteiger partial charge in [-0.3, -0.25) is 4.79 Å². The molecule has 8 rings (SSSR count). The molecule has 1 saturated carbocycles. The van der Waals surface area contributed by atoms with Crippen molar-refractivity contribution in [2.45, 2.75) is 170 Å². The predicted molar refractivity (Wildman–Crippen MR) is 194 cm³/mol. The lowest BCUT2D eigenvalue weighted by Crippen LogP contribution is -2.63. The number of aliphatic hydroxyl groups is 7. The first kappa shape index (κ1) is 42.8. The van der Waals surface area contributed by atoms with E-state index in [1.165, 1.54) is 12.7 Å². The molecule has 8 aliphatic rings. The molecular weight excluding hydrogens is 768 g/mol. The van der Waals surface area contributed by atoms with Crippen LogP contribution in [0.15, 0.2) is 23.5 Å². The van der Waals surface area contributed by atoms with E-state index in [9.17, 15) is 40.5 Å². The highest BCUT2D eigenvalue weighted by Gasteiger charge is 2.58. The zero-order chi connectivity index (χ0) is 41.3. The summed E-state index contributed by atoms with van der Waals surface area (Å²) in [5, 5.41) is 72.3. The second kappa shape index (κ2) is 16.8. The largest absolute Gasteiger partial charge is 0.469 e. The van der Waals surface area contributed by atoms with Crippen LogP contribution in [0, 0.1) is 23.2 Å². The fraction of sp³-hybridized carbons (Fsp3) is 0.875. The molecule has 0 amide bonds. The summed E-state index contributed by atoms with van der Waals surface area (Å²) in [5.74, 6) is -1.17. The molecule has 18 heteroatoms. The number of carbonyl (C=O) groups is 1. The molecule has 6 fully saturated rings. The second-order valence-corrected chi connectivity index (χ2v) is 17.7. The van der Waals surface area contributed by atoms with Gasteiger partial charge in [-0.05, 0) is 62.4 Å². The van der Waals surface area contributed by atoms with E-state index in [2.05, 4.69) is 13.0 Å². The summed E-state index contributed by atoms with van der Waals surface area (Å²) in [4.78, 5) is 13.7. The summed E-state index contributed by atoms with van der Waals surface area (Å²) in [6.45, 7) is 5.15. The predicted octanol–water partition coefficient (Wildman–Crippen LogP) is -0.734. The SMILES string of the molecule is CO[C@@H]1C[C@H](O[C@H]2CC[C@@]3(C)C(=CC[C@H]4C(=O)O[C@@H]5CO[C@]6(C)OC=C(CC[C@@H]43)[C@H]56)C2)O[C@H](C)[C@H]1O[C@@H]1O[C@H](CO[C@@H]2O[C@H](CO)[C@@H](O)[C@H](O)[C@H]2O)[C@@H](O)[C@H](O)[C@H]1O. The Morgan fingerprint density at radius 1 is 0.897 bits per heavy atom. The molecule has 7 N–H and O–H groups in total. The van der Waals surface area contributed by atoms with Crippen molar-refractivity contribution in [3.8, 4) is 0 Å². The molecule has 6 aliphatic heterocycles. The molecule has 0 unspecified atom stereocenters. The van der Waals surface area contributed by atoms with Gasteiger partial charge in [0.2, 0.25) is 5.79 Å².